The molecule has 0 aliphatic carbocycles. The molecule has 1 amide bonds. The van der Waals surface area contributed by atoms with Crippen LogP contribution in [0.4, 0.5) is 11.4 Å². The van der Waals surface area contributed by atoms with Crippen LogP contribution in [0.25, 0.3) is 0 Å². The van der Waals surface area contributed by atoms with Crippen LogP contribution in [0.2, 0.25) is 0 Å². The number of halogens is 1. The number of benzene rings is 2. The van der Waals surface area contributed by atoms with Gasteiger partial charge >= 0.3 is 0 Å². The fourth-order valence-corrected chi connectivity index (χ4v) is 2.46. The number of carbonyl (C=O) groups excluding carboxylic acids is 1. The van der Waals surface area contributed by atoms with Crippen LogP contribution < -0.4 is 10.6 Å². The van der Waals surface area contributed by atoms with Crippen LogP contribution in [0, 0.1) is 6.92 Å². The lowest BCUT2D eigenvalue weighted by molar-refractivity contribution is -0.115. The molecule has 0 spiro atoms. The number of rotatable bonds is 5. The van der Waals surface area contributed by atoms with Gasteiger partial charge in [0.1, 0.15) is 0 Å². The maximum atomic E-state index is 11.5. The predicted molar refractivity (Wildman–Crippen MR) is 91.6 cm³/mol. The lowest BCUT2D eigenvalue weighted by Gasteiger charge is -2.14. The van der Waals surface area contributed by atoms with Gasteiger partial charge in [0.25, 0.3) is 0 Å². The Bertz CT molecular complexity index is 640. The van der Waals surface area contributed by atoms with E-state index in [1.54, 1.807) is 0 Å². The highest BCUT2D eigenvalue weighted by atomic mass is 79.9. The SMILES string of the molecule is CCC(=O)Nc1cccc(NCc2ccccc2Br)c1C. The van der Waals surface area contributed by atoms with E-state index in [4.69, 9.17) is 0 Å². The molecular weight excluding hydrogens is 328 g/mol. The summed E-state index contributed by atoms with van der Waals surface area (Å²) in [6.45, 7) is 4.58. The highest BCUT2D eigenvalue weighted by Gasteiger charge is 2.07. The summed E-state index contributed by atoms with van der Waals surface area (Å²) >= 11 is 3.55. The molecule has 0 aliphatic heterocycles. The molecule has 4 heteroatoms. The molecule has 21 heavy (non-hydrogen) atoms. The molecule has 0 atom stereocenters. The van der Waals surface area contributed by atoms with Gasteiger partial charge in [0.2, 0.25) is 5.91 Å². The van der Waals surface area contributed by atoms with Crippen LogP contribution in [0.3, 0.4) is 0 Å². The molecule has 0 unspecified atom stereocenters. The van der Waals surface area contributed by atoms with E-state index in [9.17, 15) is 4.79 Å². The van der Waals surface area contributed by atoms with Crippen molar-refractivity contribution in [1.29, 1.82) is 0 Å². The molecule has 0 aromatic heterocycles. The summed E-state index contributed by atoms with van der Waals surface area (Å²) in [5.74, 6) is 0.0288. The molecule has 3 nitrogen and oxygen atoms in total. The Hall–Kier alpha value is -1.81. The van der Waals surface area contributed by atoms with Crippen molar-refractivity contribution in [2.24, 2.45) is 0 Å². The molecular formula is C17H19BrN2O. The molecule has 0 radical (unpaired) electrons. The summed E-state index contributed by atoms with van der Waals surface area (Å²) < 4.78 is 1.09. The van der Waals surface area contributed by atoms with Crippen molar-refractivity contribution in [1.82, 2.24) is 0 Å². The van der Waals surface area contributed by atoms with Gasteiger partial charge in [0.15, 0.2) is 0 Å². The summed E-state index contributed by atoms with van der Waals surface area (Å²) in [5.41, 5.74) is 4.13. The number of amides is 1. The highest BCUT2D eigenvalue weighted by molar-refractivity contribution is 9.10. The van der Waals surface area contributed by atoms with Gasteiger partial charge in [-0.25, -0.2) is 0 Å². The van der Waals surface area contributed by atoms with Gasteiger partial charge in [-0.1, -0.05) is 47.1 Å². The zero-order valence-electron chi connectivity index (χ0n) is 12.2. The van der Waals surface area contributed by atoms with Crippen LogP contribution in [-0.4, -0.2) is 5.91 Å². The first-order valence-electron chi connectivity index (χ1n) is 6.98. The summed E-state index contributed by atoms with van der Waals surface area (Å²) in [4.78, 5) is 11.5. The van der Waals surface area contributed by atoms with E-state index in [2.05, 4.69) is 32.6 Å². The minimum atomic E-state index is 0.0288. The van der Waals surface area contributed by atoms with E-state index >= 15 is 0 Å². The largest absolute Gasteiger partial charge is 0.381 e. The third-order valence-electron chi connectivity index (χ3n) is 3.36. The quantitative estimate of drug-likeness (QED) is 0.822. The standard InChI is InChI=1S/C17H19BrN2O/c1-3-17(21)20-16-10-6-9-15(12(16)2)19-11-13-7-4-5-8-14(13)18/h4-10,19H,3,11H2,1-2H3,(H,20,21). The smallest absolute Gasteiger partial charge is 0.224 e. The van der Waals surface area contributed by atoms with E-state index in [0.29, 0.717) is 6.42 Å². The van der Waals surface area contributed by atoms with Gasteiger partial charge in [0, 0.05) is 28.8 Å². The Kier molecular flexibility index (Phi) is 5.39. The monoisotopic (exact) mass is 346 g/mol. The van der Waals surface area contributed by atoms with E-state index < -0.39 is 0 Å². The van der Waals surface area contributed by atoms with Gasteiger partial charge in [-0.2, -0.15) is 0 Å². The van der Waals surface area contributed by atoms with Crippen molar-refractivity contribution >= 4 is 33.2 Å². The molecule has 0 aliphatic rings. The number of carbonyl (C=O) groups is 1. The predicted octanol–water partition coefficient (Wildman–Crippen LogP) is 4.72. The second kappa shape index (κ2) is 7.27. The van der Waals surface area contributed by atoms with E-state index in [1.807, 2.05) is 50.2 Å². The fraction of sp³-hybridized carbons (Fsp3) is 0.235. The highest BCUT2D eigenvalue weighted by Crippen LogP contribution is 2.25. The molecule has 0 heterocycles. The van der Waals surface area contributed by atoms with Crippen molar-refractivity contribution < 1.29 is 4.79 Å². The zero-order valence-corrected chi connectivity index (χ0v) is 13.8. The van der Waals surface area contributed by atoms with Crippen LogP contribution in [-0.2, 0) is 11.3 Å². The first kappa shape index (κ1) is 15.6. The van der Waals surface area contributed by atoms with Gasteiger partial charge < -0.3 is 10.6 Å². The molecule has 0 bridgehead atoms. The van der Waals surface area contributed by atoms with Crippen LogP contribution in [0.5, 0.6) is 0 Å². The minimum absolute atomic E-state index is 0.0288. The molecule has 0 saturated heterocycles. The van der Waals surface area contributed by atoms with Crippen molar-refractivity contribution in [3.05, 3.63) is 58.1 Å². The van der Waals surface area contributed by atoms with Gasteiger partial charge in [-0.15, -0.1) is 0 Å². The number of anilines is 2. The van der Waals surface area contributed by atoms with E-state index in [-0.39, 0.29) is 5.91 Å². The van der Waals surface area contributed by atoms with Crippen LogP contribution >= 0.6 is 15.9 Å². The molecule has 0 fully saturated rings. The number of hydrogen-bond donors (Lipinski definition) is 2. The Morgan fingerprint density at radius 3 is 2.52 bits per heavy atom. The molecule has 2 rings (SSSR count). The third-order valence-corrected chi connectivity index (χ3v) is 4.13. The summed E-state index contributed by atoms with van der Waals surface area (Å²) in [6, 6.07) is 14.0. The summed E-state index contributed by atoms with van der Waals surface area (Å²) in [6.07, 6.45) is 0.480. The average molecular weight is 347 g/mol. The number of hydrogen-bond acceptors (Lipinski definition) is 2. The molecule has 110 valence electrons. The van der Waals surface area contributed by atoms with Crippen molar-refractivity contribution in [2.75, 3.05) is 10.6 Å². The maximum absolute atomic E-state index is 11.5. The second-order valence-corrected chi connectivity index (χ2v) is 5.68. The molecule has 2 N–H and O–H groups in total. The Labute approximate surface area is 133 Å². The molecule has 2 aromatic rings. The van der Waals surface area contributed by atoms with Gasteiger partial charge in [0.05, 0.1) is 0 Å². The topological polar surface area (TPSA) is 41.1 Å². The first-order valence-corrected chi connectivity index (χ1v) is 7.78. The van der Waals surface area contributed by atoms with Crippen LogP contribution in [0.15, 0.2) is 46.9 Å². The normalized spacial score (nSPS) is 10.2. The lowest BCUT2D eigenvalue weighted by atomic mass is 10.1. The second-order valence-electron chi connectivity index (χ2n) is 4.82. The van der Waals surface area contributed by atoms with Crippen molar-refractivity contribution in [3.8, 4) is 0 Å². The molecule has 2 aromatic carbocycles. The summed E-state index contributed by atoms with van der Waals surface area (Å²) in [7, 11) is 0. The van der Waals surface area contributed by atoms with Crippen molar-refractivity contribution in [2.45, 2.75) is 26.8 Å². The molecule has 0 saturated carbocycles. The van der Waals surface area contributed by atoms with Crippen molar-refractivity contribution in [3.63, 3.8) is 0 Å². The third kappa shape index (κ3) is 4.08. The van der Waals surface area contributed by atoms with E-state index in [0.717, 1.165) is 28.0 Å². The average Bonchev–Trinajstić information content (AvgIpc) is 2.49. The zero-order chi connectivity index (χ0) is 15.2. The first-order chi connectivity index (χ1) is 10.1. The minimum Gasteiger partial charge on any atom is -0.381 e. The van der Waals surface area contributed by atoms with Gasteiger partial charge in [-0.05, 0) is 36.2 Å². The Balaban J connectivity index is 2.12. The van der Waals surface area contributed by atoms with Crippen LogP contribution in [0.1, 0.15) is 24.5 Å². The number of nitrogens with one attached hydrogen (secondary N) is 2. The lowest BCUT2D eigenvalue weighted by Crippen LogP contribution is -2.11. The Morgan fingerprint density at radius 1 is 1.10 bits per heavy atom. The fourth-order valence-electron chi connectivity index (χ4n) is 2.03. The van der Waals surface area contributed by atoms with Gasteiger partial charge in [-0.3, -0.25) is 4.79 Å². The Morgan fingerprint density at radius 2 is 1.81 bits per heavy atom. The van der Waals surface area contributed by atoms with E-state index in [1.165, 1.54) is 5.56 Å². The summed E-state index contributed by atoms with van der Waals surface area (Å²) in [5, 5.41) is 6.34. The maximum Gasteiger partial charge on any atom is 0.224 e.